The maximum absolute atomic E-state index is 3.74. The average Bonchev–Trinajstić information content (AvgIpc) is 2.48. The van der Waals surface area contributed by atoms with Crippen LogP contribution in [0.1, 0.15) is 18.1 Å². The van der Waals surface area contributed by atoms with Crippen LogP contribution < -0.4 is 5.32 Å². The van der Waals surface area contributed by atoms with Crippen molar-refractivity contribution in [1.82, 2.24) is 15.1 Å². The monoisotopic (exact) mass is 273 g/mol. The molecule has 3 aliphatic rings. The molecule has 3 fully saturated rings. The number of nitrogens with zero attached hydrogens (tertiary/aromatic N) is 2. The summed E-state index contributed by atoms with van der Waals surface area (Å²) in [5.74, 6) is 0. The second-order valence-corrected chi connectivity index (χ2v) is 6.26. The van der Waals surface area contributed by atoms with Crippen LogP contribution in [0.4, 0.5) is 0 Å². The summed E-state index contributed by atoms with van der Waals surface area (Å²) in [6, 6.07) is 10.2. The first-order chi connectivity index (χ1) is 9.76. The Morgan fingerprint density at radius 2 is 2.05 bits per heavy atom. The Labute approximate surface area is 123 Å². The molecule has 1 aromatic carbocycles. The Hall–Kier alpha value is -0.900. The predicted octanol–water partition coefficient (Wildman–Crippen LogP) is 1.52. The fraction of sp³-hybridized carbons (Fsp3) is 0.647. The predicted molar refractivity (Wildman–Crippen MR) is 84.1 cm³/mol. The number of benzene rings is 1. The van der Waals surface area contributed by atoms with Gasteiger partial charge in [-0.3, -0.25) is 9.80 Å². The lowest BCUT2D eigenvalue weighted by molar-refractivity contribution is -0.00288. The van der Waals surface area contributed by atoms with Crippen molar-refractivity contribution in [2.24, 2.45) is 0 Å². The third-order valence-corrected chi connectivity index (χ3v) is 4.79. The summed E-state index contributed by atoms with van der Waals surface area (Å²) in [4.78, 5) is 5.33. The number of aryl methyl sites for hydroxylation is 1. The SMILES string of the molecule is CCNC(Cc1cccc(C)c1)C1CN2CCN1CC2. The molecule has 3 saturated heterocycles. The van der Waals surface area contributed by atoms with E-state index in [-0.39, 0.29) is 0 Å². The van der Waals surface area contributed by atoms with Gasteiger partial charge in [0, 0.05) is 44.8 Å². The third kappa shape index (κ3) is 3.05. The maximum Gasteiger partial charge on any atom is 0.0380 e. The van der Waals surface area contributed by atoms with Crippen LogP contribution in [0.15, 0.2) is 24.3 Å². The van der Waals surface area contributed by atoms with Crippen LogP contribution in [-0.2, 0) is 6.42 Å². The molecule has 0 radical (unpaired) electrons. The first-order valence-corrected chi connectivity index (χ1v) is 8.01. The summed E-state index contributed by atoms with van der Waals surface area (Å²) in [7, 11) is 0. The van der Waals surface area contributed by atoms with E-state index in [4.69, 9.17) is 0 Å². The Kier molecular flexibility index (Phi) is 4.39. The third-order valence-electron chi connectivity index (χ3n) is 4.79. The number of piperazine rings is 3. The summed E-state index contributed by atoms with van der Waals surface area (Å²) in [5, 5.41) is 3.74. The van der Waals surface area contributed by atoms with Crippen LogP contribution in [0.3, 0.4) is 0 Å². The first kappa shape index (κ1) is 14.1. The van der Waals surface area contributed by atoms with Gasteiger partial charge in [-0.2, -0.15) is 0 Å². The lowest BCUT2D eigenvalue weighted by Crippen LogP contribution is -2.66. The first-order valence-electron chi connectivity index (χ1n) is 8.01. The summed E-state index contributed by atoms with van der Waals surface area (Å²) in [6.45, 7) is 11.7. The molecule has 1 aromatic rings. The van der Waals surface area contributed by atoms with Crippen molar-refractivity contribution in [2.75, 3.05) is 39.3 Å². The van der Waals surface area contributed by atoms with Crippen molar-refractivity contribution >= 4 is 0 Å². The zero-order valence-corrected chi connectivity index (χ0v) is 12.8. The van der Waals surface area contributed by atoms with Gasteiger partial charge in [0.15, 0.2) is 0 Å². The van der Waals surface area contributed by atoms with E-state index in [9.17, 15) is 0 Å². The van der Waals surface area contributed by atoms with Gasteiger partial charge in [0.2, 0.25) is 0 Å². The molecule has 20 heavy (non-hydrogen) atoms. The quantitative estimate of drug-likeness (QED) is 0.877. The maximum atomic E-state index is 3.74. The van der Waals surface area contributed by atoms with Crippen molar-refractivity contribution in [3.8, 4) is 0 Å². The molecule has 3 aliphatic heterocycles. The summed E-state index contributed by atoms with van der Waals surface area (Å²) >= 11 is 0. The highest BCUT2D eigenvalue weighted by Crippen LogP contribution is 2.20. The molecule has 0 aromatic heterocycles. The number of likely N-dealkylation sites (N-methyl/N-ethyl adjacent to an activating group) is 1. The molecule has 3 heteroatoms. The topological polar surface area (TPSA) is 18.5 Å². The largest absolute Gasteiger partial charge is 0.312 e. The summed E-state index contributed by atoms with van der Waals surface area (Å²) in [5.41, 5.74) is 2.83. The highest BCUT2D eigenvalue weighted by Gasteiger charge is 2.36. The van der Waals surface area contributed by atoms with E-state index in [0.717, 1.165) is 13.0 Å². The number of rotatable bonds is 5. The standard InChI is InChI=1S/C17H27N3/c1-3-18-16(12-15-6-4-5-14(2)11-15)17-13-19-7-9-20(17)10-8-19/h4-6,11,16-18H,3,7-10,12-13H2,1-2H3. The molecule has 1 N–H and O–H groups in total. The average molecular weight is 273 g/mol. The van der Waals surface area contributed by atoms with Crippen LogP contribution in [0, 0.1) is 6.92 Å². The van der Waals surface area contributed by atoms with E-state index in [0.29, 0.717) is 12.1 Å². The number of nitrogens with one attached hydrogen (secondary N) is 1. The number of hydrogen-bond acceptors (Lipinski definition) is 3. The summed E-state index contributed by atoms with van der Waals surface area (Å²) in [6.07, 6.45) is 1.14. The lowest BCUT2D eigenvalue weighted by Gasteiger charge is -2.50. The van der Waals surface area contributed by atoms with Gasteiger partial charge in [-0.05, 0) is 25.5 Å². The zero-order valence-electron chi connectivity index (χ0n) is 12.8. The Morgan fingerprint density at radius 3 is 2.65 bits per heavy atom. The Morgan fingerprint density at radius 1 is 1.25 bits per heavy atom. The molecule has 0 spiro atoms. The normalized spacial score (nSPS) is 30.4. The van der Waals surface area contributed by atoms with E-state index >= 15 is 0 Å². The fourth-order valence-electron chi connectivity index (χ4n) is 3.74. The van der Waals surface area contributed by atoms with Crippen LogP contribution >= 0.6 is 0 Å². The van der Waals surface area contributed by atoms with E-state index in [1.165, 1.54) is 43.9 Å². The minimum Gasteiger partial charge on any atom is -0.312 e. The number of fused-ring (bicyclic) bond motifs is 3. The van der Waals surface area contributed by atoms with Crippen molar-refractivity contribution in [3.05, 3.63) is 35.4 Å². The molecule has 110 valence electrons. The van der Waals surface area contributed by atoms with E-state index in [1.807, 2.05) is 0 Å². The molecule has 3 heterocycles. The van der Waals surface area contributed by atoms with E-state index in [2.05, 4.69) is 53.2 Å². The molecule has 0 aliphatic carbocycles. The number of hydrogen-bond donors (Lipinski definition) is 1. The molecular weight excluding hydrogens is 246 g/mol. The van der Waals surface area contributed by atoms with Gasteiger partial charge in [0.1, 0.15) is 0 Å². The second kappa shape index (κ2) is 6.25. The lowest BCUT2D eigenvalue weighted by atomic mass is 9.94. The van der Waals surface area contributed by atoms with E-state index < -0.39 is 0 Å². The fourth-order valence-corrected chi connectivity index (χ4v) is 3.74. The molecule has 2 bridgehead atoms. The van der Waals surface area contributed by atoms with Gasteiger partial charge in [-0.1, -0.05) is 36.8 Å². The smallest absolute Gasteiger partial charge is 0.0380 e. The molecule has 0 saturated carbocycles. The molecule has 3 nitrogen and oxygen atoms in total. The highest BCUT2D eigenvalue weighted by molar-refractivity contribution is 5.23. The zero-order chi connectivity index (χ0) is 13.9. The molecule has 0 amide bonds. The van der Waals surface area contributed by atoms with Crippen molar-refractivity contribution in [3.63, 3.8) is 0 Å². The van der Waals surface area contributed by atoms with Crippen molar-refractivity contribution in [2.45, 2.75) is 32.4 Å². The molecular formula is C17H27N3. The van der Waals surface area contributed by atoms with Crippen molar-refractivity contribution < 1.29 is 0 Å². The van der Waals surface area contributed by atoms with Crippen LogP contribution in [0.5, 0.6) is 0 Å². The van der Waals surface area contributed by atoms with Gasteiger partial charge in [-0.25, -0.2) is 0 Å². The van der Waals surface area contributed by atoms with Gasteiger partial charge in [-0.15, -0.1) is 0 Å². The Bertz CT molecular complexity index is 438. The van der Waals surface area contributed by atoms with Gasteiger partial charge >= 0.3 is 0 Å². The summed E-state index contributed by atoms with van der Waals surface area (Å²) < 4.78 is 0. The van der Waals surface area contributed by atoms with Crippen LogP contribution in [-0.4, -0.2) is 61.2 Å². The second-order valence-electron chi connectivity index (χ2n) is 6.26. The molecule has 4 rings (SSSR count). The minimum absolute atomic E-state index is 0.574. The van der Waals surface area contributed by atoms with Crippen molar-refractivity contribution in [1.29, 1.82) is 0 Å². The molecule has 2 unspecified atom stereocenters. The van der Waals surface area contributed by atoms with E-state index in [1.54, 1.807) is 0 Å². The van der Waals surface area contributed by atoms with Crippen LogP contribution in [0.25, 0.3) is 0 Å². The Balaban J connectivity index is 1.72. The van der Waals surface area contributed by atoms with Gasteiger partial charge in [0.05, 0.1) is 0 Å². The van der Waals surface area contributed by atoms with Gasteiger partial charge < -0.3 is 5.32 Å². The highest BCUT2D eigenvalue weighted by atomic mass is 15.4. The minimum atomic E-state index is 0.574. The molecule has 2 atom stereocenters. The van der Waals surface area contributed by atoms with Crippen LogP contribution in [0.2, 0.25) is 0 Å². The van der Waals surface area contributed by atoms with Gasteiger partial charge in [0.25, 0.3) is 0 Å².